The van der Waals surface area contributed by atoms with Crippen LogP contribution in [-0.4, -0.2) is 242 Å². The number of fused-ring (bicyclic) bond motifs is 1. The van der Waals surface area contributed by atoms with Gasteiger partial charge in [0.1, 0.15) is 72.6 Å². The number of aromatic amines is 1. The largest absolute Gasteiger partial charge is 0.481 e. The number of carbonyl (C=O) groups excluding carboxylic acids is 15. The fourth-order valence-electron chi connectivity index (χ4n) is 10.8. The third-order valence-electron chi connectivity index (χ3n) is 17.0. The van der Waals surface area contributed by atoms with Gasteiger partial charge in [-0.2, -0.15) is 0 Å². The number of hydrogen-bond acceptors (Lipinski definition) is 22. The lowest BCUT2D eigenvalue weighted by Crippen LogP contribution is -2.61. The number of hydrogen-bond donors (Lipinski definition) is 21. The number of carbonyl (C=O) groups is 19. The number of unbranched alkanes of at least 4 members (excludes halogenated alkanes) is 3. The third kappa shape index (κ3) is 32.1. The molecule has 0 saturated carbocycles. The zero-order valence-electron chi connectivity index (χ0n) is 60.7. The highest BCUT2D eigenvalue weighted by Gasteiger charge is 2.40. The molecule has 1 aliphatic rings. The number of rotatable bonds is 33. The number of cyclic esters (lactones) is 1. The Labute approximate surface area is 619 Å². The molecule has 41 heteroatoms. The number of carboxylic acid groups (broad SMARTS) is 4. The van der Waals surface area contributed by atoms with E-state index in [-0.39, 0.29) is 32.2 Å². The molecule has 14 amide bonds. The van der Waals surface area contributed by atoms with Crippen LogP contribution in [0.15, 0.2) is 30.5 Å². The lowest BCUT2D eigenvalue weighted by atomic mass is 10.00. The van der Waals surface area contributed by atoms with E-state index in [1.807, 2.05) is 16.0 Å². The Morgan fingerprint density at radius 1 is 0.565 bits per heavy atom. The average Bonchev–Trinajstić information content (AvgIpc) is 1.63. The second-order valence-corrected chi connectivity index (χ2v) is 26.2. The second-order valence-electron chi connectivity index (χ2n) is 26.2. The van der Waals surface area contributed by atoms with Crippen LogP contribution in [0.4, 0.5) is 0 Å². The Hall–Kier alpha value is -11.4. The fourth-order valence-corrected chi connectivity index (χ4v) is 10.8. The zero-order valence-corrected chi connectivity index (χ0v) is 60.7. The Kier molecular flexibility index (Phi) is 38.6. The van der Waals surface area contributed by atoms with Crippen LogP contribution in [0.5, 0.6) is 0 Å². The number of nitrogens with one attached hydrogen (secondary N) is 14. The van der Waals surface area contributed by atoms with Crippen LogP contribution in [0.3, 0.4) is 0 Å². The number of H-pyrrole nitrogens is 1. The molecule has 108 heavy (non-hydrogen) atoms. The van der Waals surface area contributed by atoms with E-state index in [1.54, 1.807) is 30.5 Å². The summed E-state index contributed by atoms with van der Waals surface area (Å²) in [5.74, 6) is -26.4. The molecule has 0 bridgehead atoms. The van der Waals surface area contributed by atoms with Gasteiger partial charge in [-0.1, -0.05) is 78.0 Å². The number of aliphatic carboxylic acids is 4. The topological polar surface area (TPSA) is 659 Å². The summed E-state index contributed by atoms with van der Waals surface area (Å²) in [4.78, 5) is 259. The predicted molar refractivity (Wildman–Crippen MR) is 375 cm³/mol. The minimum Gasteiger partial charge on any atom is -0.481 e. The monoisotopic (exact) mass is 1530 g/mol. The zero-order chi connectivity index (χ0) is 81.1. The summed E-state index contributed by atoms with van der Waals surface area (Å²) in [7, 11) is 0. The van der Waals surface area contributed by atoms with Gasteiger partial charge >= 0.3 is 29.8 Å². The molecule has 13 atom stereocenters. The number of primary amides is 1. The van der Waals surface area contributed by atoms with E-state index >= 15 is 0 Å². The molecule has 1 aliphatic heterocycles. The first kappa shape index (κ1) is 90.8. The van der Waals surface area contributed by atoms with Crippen LogP contribution in [0, 0.1) is 11.8 Å². The highest BCUT2D eigenvalue weighted by Crippen LogP contribution is 2.21. The van der Waals surface area contributed by atoms with E-state index < -0.39 is 249 Å². The molecule has 3 rings (SSSR count). The maximum Gasteiger partial charge on any atom is 0.329 e. The van der Waals surface area contributed by atoms with Gasteiger partial charge < -0.3 is 116 Å². The van der Waals surface area contributed by atoms with Crippen molar-refractivity contribution in [1.82, 2.24) is 74.1 Å². The van der Waals surface area contributed by atoms with Gasteiger partial charge in [0.05, 0.1) is 45.4 Å². The van der Waals surface area contributed by atoms with Gasteiger partial charge in [-0.05, 0) is 69.5 Å². The van der Waals surface area contributed by atoms with Crippen LogP contribution in [0.25, 0.3) is 10.9 Å². The quantitative estimate of drug-likeness (QED) is 0.0234. The molecular weight excluding hydrogens is 1430 g/mol. The number of benzene rings is 1. The van der Waals surface area contributed by atoms with Crippen LogP contribution in [0.2, 0.25) is 0 Å². The van der Waals surface area contributed by atoms with Crippen molar-refractivity contribution in [3.05, 3.63) is 36.0 Å². The normalized spacial score (nSPS) is 21.9. The van der Waals surface area contributed by atoms with Crippen molar-refractivity contribution < 1.29 is 121 Å². The van der Waals surface area contributed by atoms with Crippen LogP contribution >= 0.6 is 0 Å². The number of para-hydroxylation sites is 1. The second kappa shape index (κ2) is 45.9. The number of esters is 1. The van der Waals surface area contributed by atoms with Crippen LogP contribution < -0.4 is 80.6 Å². The average molecular weight is 1530 g/mol. The van der Waals surface area contributed by atoms with Gasteiger partial charge in [-0.25, -0.2) is 4.79 Å². The lowest BCUT2D eigenvalue weighted by Gasteiger charge is -2.30. The summed E-state index contributed by atoms with van der Waals surface area (Å²) in [6.07, 6.45) is -2.35. The number of nitrogens with two attached hydrogens (primary N) is 2. The van der Waals surface area contributed by atoms with E-state index in [2.05, 4.69) is 72.0 Å². The summed E-state index contributed by atoms with van der Waals surface area (Å²) >= 11 is 0. The number of aliphatic hydroxyl groups is 1. The molecule has 1 aromatic heterocycles. The van der Waals surface area contributed by atoms with Crippen molar-refractivity contribution in [2.45, 2.75) is 217 Å². The van der Waals surface area contributed by atoms with Crippen molar-refractivity contribution in [3.63, 3.8) is 0 Å². The van der Waals surface area contributed by atoms with Crippen molar-refractivity contribution in [2.24, 2.45) is 23.3 Å². The maximum absolute atomic E-state index is 14.6. The van der Waals surface area contributed by atoms with Gasteiger partial charge in [0.15, 0.2) is 0 Å². The molecule has 0 spiro atoms. The summed E-state index contributed by atoms with van der Waals surface area (Å²) in [6.45, 7) is 5.19. The summed E-state index contributed by atoms with van der Waals surface area (Å²) < 4.78 is 5.64. The highest BCUT2D eigenvalue weighted by molar-refractivity contribution is 6.02. The van der Waals surface area contributed by atoms with E-state index in [0.29, 0.717) is 35.2 Å². The van der Waals surface area contributed by atoms with E-state index in [1.165, 1.54) is 13.8 Å². The Bertz CT molecular complexity index is 3570. The first-order valence-corrected chi connectivity index (χ1v) is 35.0. The first-order chi connectivity index (χ1) is 50.9. The van der Waals surface area contributed by atoms with Crippen LogP contribution in [0.1, 0.15) is 143 Å². The molecule has 1 fully saturated rings. The number of aromatic nitrogens is 1. The van der Waals surface area contributed by atoms with Gasteiger partial charge in [-0.15, -0.1) is 0 Å². The summed E-state index contributed by atoms with van der Waals surface area (Å²) in [5, 5.41) is 78.3. The Balaban J connectivity index is 2.16. The first-order valence-electron chi connectivity index (χ1n) is 35.0. The molecule has 1 aromatic carbocycles. The van der Waals surface area contributed by atoms with Crippen molar-refractivity contribution >= 4 is 123 Å². The molecule has 13 unspecified atom stereocenters. The van der Waals surface area contributed by atoms with Crippen molar-refractivity contribution in [3.8, 4) is 0 Å². The number of aliphatic hydroxyl groups excluding tert-OH is 1. The van der Waals surface area contributed by atoms with Crippen LogP contribution in [-0.2, 0) is 102 Å². The van der Waals surface area contributed by atoms with Gasteiger partial charge in [0.25, 0.3) is 0 Å². The van der Waals surface area contributed by atoms with Gasteiger partial charge in [0.2, 0.25) is 82.7 Å². The number of amides is 14. The molecule has 0 aliphatic carbocycles. The highest BCUT2D eigenvalue weighted by atomic mass is 16.5. The molecule has 2 aromatic rings. The molecule has 41 nitrogen and oxygen atoms in total. The van der Waals surface area contributed by atoms with Crippen molar-refractivity contribution in [1.29, 1.82) is 0 Å². The number of ether oxygens (including phenoxy) is 1. The smallest absolute Gasteiger partial charge is 0.329 e. The lowest BCUT2D eigenvalue weighted by molar-refractivity contribution is -0.157. The minimum atomic E-state index is -2.31. The van der Waals surface area contributed by atoms with E-state index in [9.17, 15) is 117 Å². The van der Waals surface area contributed by atoms with Crippen molar-refractivity contribution in [2.75, 3.05) is 26.2 Å². The maximum atomic E-state index is 14.6. The minimum absolute atomic E-state index is 0.000294. The molecule has 2 heterocycles. The molecule has 1 saturated heterocycles. The van der Waals surface area contributed by atoms with E-state index in [4.69, 9.17) is 16.2 Å². The molecule has 598 valence electrons. The van der Waals surface area contributed by atoms with E-state index in [0.717, 1.165) is 39.5 Å². The number of carboxylic acids is 4. The molecular formula is C67H100N16O25. The standard InChI is InChI=1S/C67H100N16O25/c1-7-33(4)15-10-8-9-11-19-48(86)75-41(23-36-28-70-38-17-13-12-16-37(36)38)62(102)79-42(24-47(69)85)63(103)81-45(27-54(95)96)64(104)83-56-35(6)108-67(107)55(32(2)3)82-60(100)40(20-21-51(89)90)77-65(105)46(31-84)76-50(88)29-71-58(98)43(25-52(91)92)78-57(97)34(5)73-61(101)44(26-53(93)94)80-59(99)39(18-14-22-68)74-49(87)30-72-66(56)106/h12-13,16-17,28,32-35,39-46,55-56,70,84H,7-11,14-15,18-27,29-31,68H2,1-6H3,(H2,69,85)(H,71,98)(H,72,106)(H,73,101)(H,74,87)(H,75,86)(H,76,88)(H,77,105)(H,78,97)(H,79,102)(H,80,99)(H,81,103)(H,82,100)(H,83,104)(H,89,90)(H,91,92)(H,93,94)(H,95,96). The molecule has 23 N–H and O–H groups in total. The fraction of sp³-hybridized carbons (Fsp3) is 0.597. The third-order valence-corrected chi connectivity index (χ3v) is 17.0. The van der Waals surface area contributed by atoms with Gasteiger partial charge in [-0.3, -0.25) is 86.3 Å². The summed E-state index contributed by atoms with van der Waals surface area (Å²) in [5.41, 5.74) is 12.5. The Morgan fingerprint density at radius 3 is 1.69 bits per heavy atom. The predicted octanol–water partition coefficient (Wildman–Crippen LogP) is -5.82. The summed E-state index contributed by atoms with van der Waals surface area (Å²) in [6, 6.07) is -14.5. The van der Waals surface area contributed by atoms with Gasteiger partial charge in [0, 0.05) is 36.4 Å². The SMILES string of the molecule is CCC(C)CCCCCCC(=O)NC(Cc1c[nH]c2ccccc12)C(=O)NC(CC(N)=O)C(=O)NC(CC(=O)O)C(=O)NC1C(=O)NCC(=O)NC(CCCN)C(=O)NC(CC(=O)O)C(=O)NC(C)C(=O)NC(CC(=O)O)C(=O)NCC(=O)NC(CO)C(=O)NC(CCC(=O)O)C(=O)NC(C(C)C)C(=O)OC1C. The molecule has 0 radical (unpaired) electrons. The Morgan fingerprint density at radius 2 is 1.10 bits per heavy atom.